The predicted octanol–water partition coefficient (Wildman–Crippen LogP) is 2.34. The van der Waals surface area contributed by atoms with Gasteiger partial charge in [0.15, 0.2) is 6.61 Å². The molecule has 0 saturated carbocycles. The van der Waals surface area contributed by atoms with Gasteiger partial charge in [-0.15, -0.1) is 0 Å². The number of rotatable bonds is 9. The van der Waals surface area contributed by atoms with Crippen LogP contribution in [0.3, 0.4) is 0 Å². The Morgan fingerprint density at radius 2 is 1.95 bits per heavy atom. The van der Waals surface area contributed by atoms with Crippen molar-refractivity contribution in [3.05, 3.63) is 29.8 Å². The maximum absolute atomic E-state index is 11.6. The standard InChI is InChI=1S/C16H26N2O2/c1-4-17-11-14-5-7-15(8-6-14)20-12-16(19)18-10-9-13(2)3/h5-8,13,17H,4,9-12H2,1-3H3,(H,18,19). The summed E-state index contributed by atoms with van der Waals surface area (Å²) in [5, 5.41) is 6.11. The molecule has 1 rings (SSSR count). The van der Waals surface area contributed by atoms with E-state index in [-0.39, 0.29) is 12.5 Å². The van der Waals surface area contributed by atoms with Crippen molar-refractivity contribution in [3.63, 3.8) is 0 Å². The fourth-order valence-electron chi connectivity index (χ4n) is 1.67. The Morgan fingerprint density at radius 1 is 1.25 bits per heavy atom. The number of carbonyl (C=O) groups is 1. The number of nitrogens with one attached hydrogen (secondary N) is 2. The first kappa shape index (κ1) is 16.5. The highest BCUT2D eigenvalue weighted by Gasteiger charge is 2.03. The second-order valence-electron chi connectivity index (χ2n) is 5.25. The Bertz CT molecular complexity index is 388. The van der Waals surface area contributed by atoms with Crippen molar-refractivity contribution in [1.29, 1.82) is 0 Å². The van der Waals surface area contributed by atoms with E-state index in [2.05, 4.69) is 31.4 Å². The minimum atomic E-state index is -0.0672. The van der Waals surface area contributed by atoms with Gasteiger partial charge < -0.3 is 15.4 Å². The third-order valence-corrected chi connectivity index (χ3v) is 2.92. The van der Waals surface area contributed by atoms with E-state index in [1.165, 1.54) is 5.56 Å². The molecular weight excluding hydrogens is 252 g/mol. The van der Waals surface area contributed by atoms with Gasteiger partial charge in [-0.3, -0.25) is 4.79 Å². The molecule has 0 fully saturated rings. The van der Waals surface area contributed by atoms with E-state index in [1.807, 2.05) is 24.3 Å². The van der Waals surface area contributed by atoms with Crippen LogP contribution < -0.4 is 15.4 Å². The van der Waals surface area contributed by atoms with Gasteiger partial charge in [0.1, 0.15) is 5.75 Å². The van der Waals surface area contributed by atoms with Crippen LogP contribution in [0.4, 0.5) is 0 Å². The molecule has 4 nitrogen and oxygen atoms in total. The monoisotopic (exact) mass is 278 g/mol. The Kier molecular flexibility index (Phi) is 7.73. The average Bonchev–Trinajstić information content (AvgIpc) is 2.43. The second kappa shape index (κ2) is 9.37. The van der Waals surface area contributed by atoms with Crippen molar-refractivity contribution in [2.45, 2.75) is 33.7 Å². The zero-order chi connectivity index (χ0) is 14.8. The first-order chi connectivity index (χ1) is 9.61. The number of amides is 1. The summed E-state index contributed by atoms with van der Waals surface area (Å²) in [4.78, 5) is 11.6. The van der Waals surface area contributed by atoms with Gasteiger partial charge in [0.2, 0.25) is 0 Å². The lowest BCUT2D eigenvalue weighted by atomic mass is 10.1. The lowest BCUT2D eigenvalue weighted by Gasteiger charge is -2.09. The fraction of sp³-hybridized carbons (Fsp3) is 0.562. The van der Waals surface area contributed by atoms with Crippen LogP contribution in [0.2, 0.25) is 0 Å². The third kappa shape index (κ3) is 7.14. The molecule has 0 radical (unpaired) electrons. The topological polar surface area (TPSA) is 50.4 Å². The zero-order valence-electron chi connectivity index (χ0n) is 12.7. The molecule has 4 heteroatoms. The van der Waals surface area contributed by atoms with Crippen molar-refractivity contribution in [3.8, 4) is 5.75 Å². The number of benzene rings is 1. The SMILES string of the molecule is CCNCc1ccc(OCC(=O)NCCC(C)C)cc1. The highest BCUT2D eigenvalue weighted by molar-refractivity contribution is 5.77. The predicted molar refractivity (Wildman–Crippen MR) is 81.8 cm³/mol. The molecule has 0 aromatic heterocycles. The normalized spacial score (nSPS) is 10.6. The van der Waals surface area contributed by atoms with E-state index in [0.717, 1.165) is 25.3 Å². The van der Waals surface area contributed by atoms with Gasteiger partial charge in [-0.25, -0.2) is 0 Å². The van der Waals surface area contributed by atoms with Crippen molar-refractivity contribution in [2.24, 2.45) is 5.92 Å². The molecule has 0 saturated heterocycles. The van der Waals surface area contributed by atoms with Crippen LogP contribution in [-0.4, -0.2) is 25.6 Å². The molecule has 0 unspecified atom stereocenters. The lowest BCUT2D eigenvalue weighted by Crippen LogP contribution is -2.30. The minimum Gasteiger partial charge on any atom is -0.484 e. The quantitative estimate of drug-likeness (QED) is 0.729. The maximum Gasteiger partial charge on any atom is 0.257 e. The molecule has 0 atom stereocenters. The van der Waals surface area contributed by atoms with Gasteiger partial charge in [0.05, 0.1) is 0 Å². The number of hydrogen-bond donors (Lipinski definition) is 2. The van der Waals surface area contributed by atoms with E-state index in [1.54, 1.807) is 0 Å². The number of ether oxygens (including phenoxy) is 1. The maximum atomic E-state index is 11.6. The minimum absolute atomic E-state index is 0.0672. The van der Waals surface area contributed by atoms with Crippen LogP contribution in [0, 0.1) is 5.92 Å². The number of carbonyl (C=O) groups excluding carboxylic acids is 1. The molecule has 112 valence electrons. The summed E-state index contributed by atoms with van der Waals surface area (Å²) in [7, 11) is 0. The molecule has 20 heavy (non-hydrogen) atoms. The summed E-state index contributed by atoms with van der Waals surface area (Å²) in [6, 6.07) is 7.81. The molecule has 1 amide bonds. The van der Waals surface area contributed by atoms with Crippen LogP contribution >= 0.6 is 0 Å². The summed E-state index contributed by atoms with van der Waals surface area (Å²) in [6.07, 6.45) is 0.991. The van der Waals surface area contributed by atoms with E-state index in [4.69, 9.17) is 4.74 Å². The lowest BCUT2D eigenvalue weighted by molar-refractivity contribution is -0.123. The van der Waals surface area contributed by atoms with Gasteiger partial charge in [0, 0.05) is 13.1 Å². The van der Waals surface area contributed by atoms with Crippen molar-refractivity contribution < 1.29 is 9.53 Å². The van der Waals surface area contributed by atoms with Gasteiger partial charge in [-0.05, 0) is 36.6 Å². The Hall–Kier alpha value is -1.55. The molecule has 1 aromatic rings. The molecule has 0 heterocycles. The van der Waals surface area contributed by atoms with Crippen molar-refractivity contribution >= 4 is 5.91 Å². The van der Waals surface area contributed by atoms with Gasteiger partial charge in [0.25, 0.3) is 5.91 Å². The highest BCUT2D eigenvalue weighted by atomic mass is 16.5. The Labute approximate surface area is 121 Å². The van der Waals surface area contributed by atoms with Crippen molar-refractivity contribution in [1.82, 2.24) is 10.6 Å². The molecular formula is C16H26N2O2. The zero-order valence-corrected chi connectivity index (χ0v) is 12.7. The van der Waals surface area contributed by atoms with E-state index in [9.17, 15) is 4.79 Å². The van der Waals surface area contributed by atoms with Crippen LogP contribution in [0.25, 0.3) is 0 Å². The Morgan fingerprint density at radius 3 is 2.55 bits per heavy atom. The molecule has 2 N–H and O–H groups in total. The van der Waals surface area contributed by atoms with Crippen LogP contribution in [0.5, 0.6) is 5.75 Å². The first-order valence-electron chi connectivity index (χ1n) is 7.31. The van der Waals surface area contributed by atoms with Crippen molar-refractivity contribution in [2.75, 3.05) is 19.7 Å². The van der Waals surface area contributed by atoms with Crippen LogP contribution in [0.15, 0.2) is 24.3 Å². The first-order valence-corrected chi connectivity index (χ1v) is 7.31. The highest BCUT2D eigenvalue weighted by Crippen LogP contribution is 2.11. The fourth-order valence-corrected chi connectivity index (χ4v) is 1.67. The summed E-state index contributed by atoms with van der Waals surface area (Å²) < 4.78 is 5.45. The largest absolute Gasteiger partial charge is 0.484 e. The second-order valence-corrected chi connectivity index (χ2v) is 5.25. The van der Waals surface area contributed by atoms with E-state index >= 15 is 0 Å². The average molecular weight is 278 g/mol. The summed E-state index contributed by atoms with van der Waals surface area (Å²) in [6.45, 7) is 8.94. The number of hydrogen-bond acceptors (Lipinski definition) is 3. The summed E-state index contributed by atoms with van der Waals surface area (Å²) >= 11 is 0. The molecule has 0 aliphatic heterocycles. The van der Waals surface area contributed by atoms with E-state index in [0.29, 0.717) is 12.5 Å². The molecule has 0 spiro atoms. The van der Waals surface area contributed by atoms with Crippen LogP contribution in [0.1, 0.15) is 32.8 Å². The smallest absolute Gasteiger partial charge is 0.257 e. The molecule has 0 aliphatic rings. The van der Waals surface area contributed by atoms with Gasteiger partial charge in [-0.2, -0.15) is 0 Å². The molecule has 0 bridgehead atoms. The third-order valence-electron chi connectivity index (χ3n) is 2.92. The summed E-state index contributed by atoms with van der Waals surface area (Å²) in [5.74, 6) is 1.26. The summed E-state index contributed by atoms with van der Waals surface area (Å²) in [5.41, 5.74) is 1.21. The van der Waals surface area contributed by atoms with Crippen LogP contribution in [-0.2, 0) is 11.3 Å². The van der Waals surface area contributed by atoms with Gasteiger partial charge in [-0.1, -0.05) is 32.9 Å². The Balaban J connectivity index is 2.25. The molecule has 1 aromatic carbocycles. The molecule has 0 aliphatic carbocycles. The van der Waals surface area contributed by atoms with Gasteiger partial charge >= 0.3 is 0 Å². The van der Waals surface area contributed by atoms with E-state index < -0.39 is 0 Å².